The van der Waals surface area contributed by atoms with Gasteiger partial charge in [-0.05, 0) is 0 Å². The molecular weight excluding hydrogens is 124 g/mol. The van der Waals surface area contributed by atoms with Crippen LogP contribution in [0.4, 0.5) is 0 Å². The second-order valence-corrected chi connectivity index (χ2v) is 3.03. The predicted molar refractivity (Wildman–Crippen MR) is 48.2 cm³/mol. The molecule has 1 heteroatoms. The Morgan fingerprint density at radius 1 is 1.20 bits per heavy atom. The molecule has 0 heterocycles. The summed E-state index contributed by atoms with van der Waals surface area (Å²) in [5.74, 6) is 0.331. The fourth-order valence-corrected chi connectivity index (χ4v) is 0.530. The third-order valence-corrected chi connectivity index (χ3v) is 1.16. The molecule has 0 aliphatic heterocycles. The maximum atomic E-state index is 10.8. The molecule has 0 aromatic heterocycles. The summed E-state index contributed by atoms with van der Waals surface area (Å²) in [6.45, 7) is 7.73. The van der Waals surface area contributed by atoms with Gasteiger partial charge in [0.2, 0.25) is 0 Å². The Morgan fingerprint density at radius 2 is 1.50 bits per heavy atom. The lowest BCUT2D eigenvalue weighted by atomic mass is 9.90. The molecule has 0 unspecified atom stereocenters. The second-order valence-electron chi connectivity index (χ2n) is 3.03. The fourth-order valence-electron chi connectivity index (χ4n) is 0.530. The van der Waals surface area contributed by atoms with Gasteiger partial charge in [-0.1, -0.05) is 42.5 Å². The first-order chi connectivity index (χ1) is 3.48. The third kappa shape index (κ3) is 5.80. The molecule has 1 nitrogen and oxygen atoms in total. The lowest BCUT2D eigenvalue weighted by molar-refractivity contribution is -0.125. The fraction of sp³-hybridized carbons (Fsp3) is 0.889. The summed E-state index contributed by atoms with van der Waals surface area (Å²) in [7, 11) is 0. The first-order valence-electron chi connectivity index (χ1n) is 3.01. The highest BCUT2D eigenvalue weighted by Crippen LogP contribution is 2.15. The Labute approximate surface area is 65.8 Å². The monoisotopic (exact) mass is 146 g/mol. The summed E-state index contributed by atoms with van der Waals surface area (Å²) in [6, 6.07) is 0. The summed E-state index contributed by atoms with van der Waals surface area (Å²) in [5.41, 5.74) is -0.130. The second kappa shape index (κ2) is 5.45. The number of ketones is 1. The molecule has 0 atom stereocenters. The van der Waals surface area contributed by atoms with Crippen LogP contribution in [0.15, 0.2) is 0 Å². The van der Waals surface area contributed by atoms with Crippen molar-refractivity contribution < 1.29 is 4.79 Å². The van der Waals surface area contributed by atoms with Gasteiger partial charge in [-0.3, -0.25) is 4.79 Å². The molecule has 0 saturated heterocycles. The van der Waals surface area contributed by atoms with Gasteiger partial charge in [0.1, 0.15) is 5.78 Å². The zero-order chi connectivity index (χ0) is 6.78. The molecule has 64 valence electrons. The van der Waals surface area contributed by atoms with Crippen LogP contribution in [0.3, 0.4) is 0 Å². The Morgan fingerprint density at radius 3 is 1.50 bits per heavy atom. The van der Waals surface area contributed by atoms with Crippen molar-refractivity contribution in [1.29, 1.82) is 0 Å². The number of carbonyl (C=O) groups excluding carboxylic acids is 1. The van der Waals surface area contributed by atoms with E-state index in [0.717, 1.165) is 0 Å². The van der Waals surface area contributed by atoms with Gasteiger partial charge in [-0.25, -0.2) is 0 Å². The predicted octanol–water partition coefficient (Wildman–Crippen LogP) is 3.28. The summed E-state index contributed by atoms with van der Waals surface area (Å²) >= 11 is 0. The standard InChI is InChI=1S/C7H14O.2CH4/c1-5-6(8)7(2,3)4;;/h5H2,1-4H3;2*1H4. The summed E-state index contributed by atoms with van der Waals surface area (Å²) < 4.78 is 0. The van der Waals surface area contributed by atoms with Crippen LogP contribution in [0, 0.1) is 5.41 Å². The van der Waals surface area contributed by atoms with Crippen molar-refractivity contribution in [1.82, 2.24) is 0 Å². The quantitative estimate of drug-likeness (QED) is 0.555. The number of hydrogen-bond acceptors (Lipinski definition) is 1. The van der Waals surface area contributed by atoms with E-state index in [9.17, 15) is 4.79 Å². The van der Waals surface area contributed by atoms with Gasteiger partial charge in [0, 0.05) is 11.8 Å². The molecule has 0 amide bonds. The SMILES string of the molecule is C.C.CCC(=O)C(C)(C)C. The Bertz CT molecular complexity index is 87.4. The van der Waals surface area contributed by atoms with Gasteiger partial charge in [-0.2, -0.15) is 0 Å². The van der Waals surface area contributed by atoms with E-state index in [1.807, 2.05) is 27.7 Å². The average Bonchev–Trinajstić information content (AvgIpc) is 1.62. The van der Waals surface area contributed by atoms with E-state index in [1.54, 1.807) is 0 Å². The van der Waals surface area contributed by atoms with Crippen molar-refractivity contribution in [2.45, 2.75) is 49.0 Å². The van der Waals surface area contributed by atoms with Gasteiger partial charge in [0.15, 0.2) is 0 Å². The Hall–Kier alpha value is -0.330. The van der Waals surface area contributed by atoms with E-state index in [4.69, 9.17) is 0 Å². The minimum atomic E-state index is -0.130. The first kappa shape index (κ1) is 16.3. The normalized spacial score (nSPS) is 9.20. The molecule has 0 saturated carbocycles. The lowest BCUT2D eigenvalue weighted by Gasteiger charge is -2.13. The van der Waals surface area contributed by atoms with Crippen molar-refractivity contribution in [2.75, 3.05) is 0 Å². The van der Waals surface area contributed by atoms with E-state index in [-0.39, 0.29) is 20.3 Å². The van der Waals surface area contributed by atoms with E-state index >= 15 is 0 Å². The third-order valence-electron chi connectivity index (χ3n) is 1.16. The van der Waals surface area contributed by atoms with Crippen molar-refractivity contribution in [3.05, 3.63) is 0 Å². The van der Waals surface area contributed by atoms with Crippen LogP contribution < -0.4 is 0 Å². The molecule has 10 heavy (non-hydrogen) atoms. The van der Waals surface area contributed by atoms with Crippen molar-refractivity contribution in [3.63, 3.8) is 0 Å². The van der Waals surface area contributed by atoms with Crippen LogP contribution >= 0.6 is 0 Å². The Balaban J connectivity index is -0.000000245. The highest BCUT2D eigenvalue weighted by Gasteiger charge is 2.17. The first-order valence-corrected chi connectivity index (χ1v) is 3.01. The minimum absolute atomic E-state index is 0. The Kier molecular flexibility index (Phi) is 8.91. The molecule has 0 N–H and O–H groups in total. The molecule has 0 rings (SSSR count). The van der Waals surface area contributed by atoms with Crippen LogP contribution in [-0.2, 0) is 4.79 Å². The number of rotatable bonds is 1. The summed E-state index contributed by atoms with van der Waals surface area (Å²) in [6.07, 6.45) is 0.656. The molecular formula is C9H22O. The highest BCUT2D eigenvalue weighted by molar-refractivity contribution is 5.83. The molecule has 0 aromatic rings. The number of Topliss-reactive ketones (excluding diaryl/α,β-unsaturated/α-hetero) is 1. The summed E-state index contributed by atoms with van der Waals surface area (Å²) in [5, 5.41) is 0. The van der Waals surface area contributed by atoms with E-state index in [1.165, 1.54) is 0 Å². The van der Waals surface area contributed by atoms with Gasteiger partial charge >= 0.3 is 0 Å². The topological polar surface area (TPSA) is 17.1 Å². The molecule has 0 aliphatic rings. The average molecular weight is 146 g/mol. The van der Waals surface area contributed by atoms with Crippen LogP contribution in [0.2, 0.25) is 0 Å². The van der Waals surface area contributed by atoms with Crippen molar-refractivity contribution >= 4 is 5.78 Å². The smallest absolute Gasteiger partial charge is 0.137 e. The molecule has 0 fully saturated rings. The van der Waals surface area contributed by atoms with Gasteiger partial charge < -0.3 is 0 Å². The maximum Gasteiger partial charge on any atom is 0.137 e. The zero-order valence-corrected chi connectivity index (χ0v) is 6.12. The van der Waals surface area contributed by atoms with Gasteiger partial charge in [0.25, 0.3) is 0 Å². The maximum absolute atomic E-state index is 10.8. The number of hydrogen-bond donors (Lipinski definition) is 0. The lowest BCUT2D eigenvalue weighted by Crippen LogP contribution is -2.18. The molecule has 0 aliphatic carbocycles. The van der Waals surface area contributed by atoms with E-state index in [0.29, 0.717) is 12.2 Å². The zero-order valence-electron chi connectivity index (χ0n) is 6.12. The van der Waals surface area contributed by atoms with E-state index < -0.39 is 0 Å². The van der Waals surface area contributed by atoms with Crippen LogP contribution in [-0.4, -0.2) is 5.78 Å². The number of carbonyl (C=O) groups is 1. The molecule has 0 bridgehead atoms. The van der Waals surface area contributed by atoms with Gasteiger partial charge in [-0.15, -0.1) is 0 Å². The molecule has 0 spiro atoms. The van der Waals surface area contributed by atoms with Gasteiger partial charge in [0.05, 0.1) is 0 Å². The molecule has 0 radical (unpaired) electrons. The highest BCUT2D eigenvalue weighted by atomic mass is 16.1. The van der Waals surface area contributed by atoms with Crippen molar-refractivity contribution in [3.8, 4) is 0 Å². The van der Waals surface area contributed by atoms with Crippen LogP contribution in [0.25, 0.3) is 0 Å². The van der Waals surface area contributed by atoms with Crippen molar-refractivity contribution in [2.24, 2.45) is 5.41 Å². The minimum Gasteiger partial charge on any atom is -0.299 e. The van der Waals surface area contributed by atoms with Crippen LogP contribution in [0.5, 0.6) is 0 Å². The summed E-state index contributed by atoms with van der Waals surface area (Å²) in [4.78, 5) is 10.8. The van der Waals surface area contributed by atoms with Crippen LogP contribution in [0.1, 0.15) is 49.0 Å². The van der Waals surface area contributed by atoms with E-state index in [2.05, 4.69) is 0 Å². The largest absolute Gasteiger partial charge is 0.299 e. The molecule has 0 aromatic carbocycles.